The van der Waals surface area contributed by atoms with Gasteiger partial charge in [-0.2, -0.15) is 0 Å². The van der Waals surface area contributed by atoms with Gasteiger partial charge in [0.2, 0.25) is 0 Å². The summed E-state index contributed by atoms with van der Waals surface area (Å²) in [7, 11) is 3.38. The van der Waals surface area contributed by atoms with Crippen LogP contribution in [0.5, 0.6) is 11.5 Å². The lowest BCUT2D eigenvalue weighted by molar-refractivity contribution is 0.222. The molecule has 1 fully saturated rings. The quantitative estimate of drug-likeness (QED) is 0.791. The fourth-order valence-corrected chi connectivity index (χ4v) is 2.24. The second-order valence-corrected chi connectivity index (χ2v) is 4.63. The van der Waals surface area contributed by atoms with Gasteiger partial charge in [0.25, 0.3) is 0 Å². The number of hydrogen-bond acceptors (Lipinski definition) is 5. The van der Waals surface area contributed by atoms with Crippen molar-refractivity contribution in [1.29, 1.82) is 0 Å². The second kappa shape index (κ2) is 7.33. The number of rotatable bonds is 6. The van der Waals surface area contributed by atoms with Gasteiger partial charge < -0.3 is 20.1 Å². The third-order valence-electron chi connectivity index (χ3n) is 3.35. The van der Waals surface area contributed by atoms with Crippen LogP contribution in [-0.2, 0) is 6.54 Å². The highest BCUT2D eigenvalue weighted by Gasteiger charge is 2.09. The van der Waals surface area contributed by atoms with E-state index in [1.165, 1.54) is 0 Å². The Morgan fingerprint density at radius 1 is 1.21 bits per heavy atom. The Kier molecular flexibility index (Phi) is 5.44. The highest BCUT2D eigenvalue weighted by molar-refractivity contribution is 5.40. The minimum atomic E-state index is 0.782. The summed E-state index contributed by atoms with van der Waals surface area (Å²) in [5.74, 6) is 1.76. The number of piperazine rings is 1. The van der Waals surface area contributed by atoms with Crippen LogP contribution in [-0.4, -0.2) is 52.0 Å². The summed E-state index contributed by atoms with van der Waals surface area (Å²) < 4.78 is 10.6. The van der Waals surface area contributed by atoms with Gasteiger partial charge in [-0.25, -0.2) is 0 Å². The van der Waals surface area contributed by atoms with Gasteiger partial charge in [0.1, 0.15) is 11.5 Å². The Hall–Kier alpha value is -1.30. The first-order valence-electron chi connectivity index (χ1n) is 6.68. The molecule has 1 aromatic rings. The highest BCUT2D eigenvalue weighted by atomic mass is 16.5. The van der Waals surface area contributed by atoms with Crippen molar-refractivity contribution in [2.45, 2.75) is 6.54 Å². The van der Waals surface area contributed by atoms with Crippen molar-refractivity contribution in [1.82, 2.24) is 15.5 Å². The van der Waals surface area contributed by atoms with Crippen molar-refractivity contribution < 1.29 is 9.47 Å². The van der Waals surface area contributed by atoms with Crippen LogP contribution in [0.2, 0.25) is 0 Å². The maximum atomic E-state index is 5.37. The fourth-order valence-electron chi connectivity index (χ4n) is 2.24. The Morgan fingerprint density at radius 2 is 2.00 bits per heavy atom. The first kappa shape index (κ1) is 14.1. The van der Waals surface area contributed by atoms with E-state index in [0.29, 0.717) is 0 Å². The standard InChI is InChI=1S/C14H23N3O2/c1-18-13-3-4-14(19-2)12(9-13)10-16-11-17-7-5-15-6-8-17/h3-4,9,15-16H,5-8,10-11H2,1-2H3. The van der Waals surface area contributed by atoms with Crippen LogP contribution in [0.1, 0.15) is 5.56 Å². The van der Waals surface area contributed by atoms with Crippen LogP contribution in [0.15, 0.2) is 18.2 Å². The van der Waals surface area contributed by atoms with Crippen molar-refractivity contribution in [3.63, 3.8) is 0 Å². The van der Waals surface area contributed by atoms with Crippen molar-refractivity contribution in [2.75, 3.05) is 47.1 Å². The van der Waals surface area contributed by atoms with Crippen LogP contribution >= 0.6 is 0 Å². The molecule has 0 amide bonds. The zero-order valence-corrected chi connectivity index (χ0v) is 11.7. The molecule has 1 aliphatic heterocycles. The van der Waals surface area contributed by atoms with E-state index in [2.05, 4.69) is 15.5 Å². The van der Waals surface area contributed by atoms with Crippen molar-refractivity contribution in [3.05, 3.63) is 23.8 Å². The van der Waals surface area contributed by atoms with Crippen molar-refractivity contribution in [2.24, 2.45) is 0 Å². The number of hydrogen-bond donors (Lipinski definition) is 2. The summed E-state index contributed by atoms with van der Waals surface area (Å²) in [6.07, 6.45) is 0. The maximum Gasteiger partial charge on any atom is 0.123 e. The van der Waals surface area contributed by atoms with Crippen LogP contribution in [0, 0.1) is 0 Å². The monoisotopic (exact) mass is 265 g/mol. The van der Waals surface area contributed by atoms with E-state index >= 15 is 0 Å². The minimum absolute atomic E-state index is 0.782. The van der Waals surface area contributed by atoms with E-state index in [0.717, 1.165) is 56.5 Å². The van der Waals surface area contributed by atoms with Gasteiger partial charge in [-0.05, 0) is 18.2 Å². The molecule has 0 radical (unpaired) electrons. The number of nitrogens with zero attached hydrogens (tertiary/aromatic N) is 1. The molecule has 5 heteroatoms. The molecule has 19 heavy (non-hydrogen) atoms. The molecule has 0 unspecified atom stereocenters. The lowest BCUT2D eigenvalue weighted by atomic mass is 10.2. The lowest BCUT2D eigenvalue weighted by Gasteiger charge is -2.27. The van der Waals surface area contributed by atoms with E-state index in [-0.39, 0.29) is 0 Å². The zero-order valence-electron chi connectivity index (χ0n) is 11.7. The minimum Gasteiger partial charge on any atom is -0.497 e. The summed E-state index contributed by atoms with van der Waals surface area (Å²) in [5.41, 5.74) is 1.12. The Bertz CT molecular complexity index is 392. The number of ether oxygens (including phenoxy) is 2. The predicted octanol–water partition coefficient (Wildman–Crippen LogP) is 0.656. The molecule has 2 N–H and O–H groups in total. The molecule has 106 valence electrons. The number of benzene rings is 1. The Labute approximate surface area is 114 Å². The van der Waals surface area contributed by atoms with Crippen LogP contribution in [0.3, 0.4) is 0 Å². The molecule has 0 aliphatic carbocycles. The molecule has 5 nitrogen and oxygen atoms in total. The van der Waals surface area contributed by atoms with Gasteiger partial charge in [-0.3, -0.25) is 4.90 Å². The van der Waals surface area contributed by atoms with E-state index in [4.69, 9.17) is 9.47 Å². The van der Waals surface area contributed by atoms with E-state index in [9.17, 15) is 0 Å². The summed E-state index contributed by atoms with van der Waals surface area (Å²) in [6.45, 7) is 6.03. The van der Waals surface area contributed by atoms with Crippen LogP contribution < -0.4 is 20.1 Å². The summed E-state index contributed by atoms with van der Waals surface area (Å²) in [6, 6.07) is 5.88. The summed E-state index contributed by atoms with van der Waals surface area (Å²) >= 11 is 0. The first-order valence-corrected chi connectivity index (χ1v) is 6.68. The van der Waals surface area contributed by atoms with E-state index in [1.807, 2.05) is 18.2 Å². The van der Waals surface area contributed by atoms with Gasteiger partial charge in [0.05, 0.1) is 14.2 Å². The second-order valence-electron chi connectivity index (χ2n) is 4.63. The van der Waals surface area contributed by atoms with Gasteiger partial charge in [-0.15, -0.1) is 0 Å². The van der Waals surface area contributed by atoms with Crippen LogP contribution in [0.4, 0.5) is 0 Å². The highest BCUT2D eigenvalue weighted by Crippen LogP contribution is 2.23. The smallest absolute Gasteiger partial charge is 0.123 e. The SMILES string of the molecule is COc1ccc(OC)c(CNCN2CCNCC2)c1. The van der Waals surface area contributed by atoms with Crippen molar-refractivity contribution >= 4 is 0 Å². The zero-order chi connectivity index (χ0) is 13.5. The third kappa shape index (κ3) is 4.09. The predicted molar refractivity (Wildman–Crippen MR) is 75.7 cm³/mol. The molecule has 0 saturated carbocycles. The molecular weight excluding hydrogens is 242 g/mol. The Balaban J connectivity index is 1.86. The number of methoxy groups -OCH3 is 2. The number of nitrogens with one attached hydrogen (secondary N) is 2. The summed E-state index contributed by atoms with van der Waals surface area (Å²) in [5, 5.41) is 6.81. The molecule has 2 rings (SSSR count). The molecular formula is C14H23N3O2. The molecule has 1 saturated heterocycles. The molecule has 0 atom stereocenters. The first-order chi connectivity index (χ1) is 9.33. The topological polar surface area (TPSA) is 45.8 Å². The fraction of sp³-hybridized carbons (Fsp3) is 0.571. The summed E-state index contributed by atoms with van der Waals surface area (Å²) in [4.78, 5) is 2.41. The average molecular weight is 265 g/mol. The third-order valence-corrected chi connectivity index (χ3v) is 3.35. The molecule has 1 heterocycles. The molecule has 0 bridgehead atoms. The lowest BCUT2D eigenvalue weighted by Crippen LogP contribution is -2.46. The van der Waals surface area contributed by atoms with Gasteiger partial charge in [0.15, 0.2) is 0 Å². The molecule has 0 aromatic heterocycles. The molecule has 1 aliphatic rings. The van der Waals surface area contributed by atoms with Crippen LogP contribution in [0.25, 0.3) is 0 Å². The van der Waals surface area contributed by atoms with Gasteiger partial charge in [0, 0.05) is 45.0 Å². The van der Waals surface area contributed by atoms with Crippen molar-refractivity contribution in [3.8, 4) is 11.5 Å². The average Bonchev–Trinajstić information content (AvgIpc) is 2.48. The largest absolute Gasteiger partial charge is 0.497 e. The molecule has 1 aromatic carbocycles. The molecule has 0 spiro atoms. The maximum absolute atomic E-state index is 5.37. The normalized spacial score (nSPS) is 16.3. The van der Waals surface area contributed by atoms with E-state index in [1.54, 1.807) is 14.2 Å². The van der Waals surface area contributed by atoms with E-state index < -0.39 is 0 Å². The van der Waals surface area contributed by atoms with Gasteiger partial charge in [-0.1, -0.05) is 0 Å². The Morgan fingerprint density at radius 3 is 2.68 bits per heavy atom. The van der Waals surface area contributed by atoms with Gasteiger partial charge >= 0.3 is 0 Å².